The molecule has 2 heterocycles. The first-order valence-electron chi connectivity index (χ1n) is 7.39. The van der Waals surface area contributed by atoms with Gasteiger partial charge in [-0.2, -0.15) is 0 Å². The summed E-state index contributed by atoms with van der Waals surface area (Å²) in [5.41, 5.74) is 0.155. The van der Waals surface area contributed by atoms with Crippen LogP contribution in [0.1, 0.15) is 26.2 Å². The molecule has 2 aromatic rings. The van der Waals surface area contributed by atoms with Gasteiger partial charge in [-0.1, -0.05) is 6.07 Å². The van der Waals surface area contributed by atoms with Crippen LogP contribution in [-0.2, 0) is 0 Å². The van der Waals surface area contributed by atoms with Crippen LogP contribution in [0.4, 0.5) is 5.69 Å². The van der Waals surface area contributed by atoms with Crippen LogP contribution in [0.15, 0.2) is 27.8 Å². The fraction of sp³-hybridized carbons (Fsp3) is 0.467. The number of hydrogen-bond donors (Lipinski definition) is 4. The monoisotopic (exact) mass is 288 g/mol. The van der Waals surface area contributed by atoms with E-state index in [-0.39, 0.29) is 17.2 Å². The van der Waals surface area contributed by atoms with E-state index >= 15 is 0 Å². The molecule has 112 valence electrons. The van der Waals surface area contributed by atoms with Crippen molar-refractivity contribution >= 4 is 16.5 Å². The van der Waals surface area contributed by atoms with Gasteiger partial charge in [-0.15, -0.1) is 0 Å². The smallest absolute Gasteiger partial charge is 0.272 e. The highest BCUT2D eigenvalue weighted by atomic mass is 16.1. The Balaban J connectivity index is 1.88. The van der Waals surface area contributed by atoms with Crippen LogP contribution >= 0.6 is 0 Å². The average molecular weight is 288 g/mol. The van der Waals surface area contributed by atoms with Gasteiger partial charge < -0.3 is 10.6 Å². The number of aromatic nitrogens is 2. The normalized spacial score (nSPS) is 19.8. The third-order valence-corrected chi connectivity index (χ3v) is 4.03. The molecule has 2 atom stereocenters. The highest BCUT2D eigenvalue weighted by molar-refractivity contribution is 5.92. The van der Waals surface area contributed by atoms with Crippen molar-refractivity contribution in [3.8, 4) is 0 Å². The summed E-state index contributed by atoms with van der Waals surface area (Å²) >= 11 is 0. The largest absolute Gasteiger partial charge is 0.382 e. The van der Waals surface area contributed by atoms with Gasteiger partial charge in [0, 0.05) is 17.8 Å². The summed E-state index contributed by atoms with van der Waals surface area (Å²) in [6, 6.07) is 6.06. The number of benzene rings is 1. The minimum Gasteiger partial charge on any atom is -0.382 e. The van der Waals surface area contributed by atoms with E-state index in [1.807, 2.05) is 6.07 Å². The highest BCUT2D eigenvalue weighted by Crippen LogP contribution is 2.20. The van der Waals surface area contributed by atoms with E-state index < -0.39 is 0 Å². The molecule has 3 rings (SSSR count). The Morgan fingerprint density at radius 2 is 2.10 bits per heavy atom. The molecule has 0 saturated carbocycles. The van der Waals surface area contributed by atoms with E-state index in [0.29, 0.717) is 22.5 Å². The lowest BCUT2D eigenvalue weighted by atomic mass is 10.1. The van der Waals surface area contributed by atoms with Crippen LogP contribution in [0, 0.1) is 0 Å². The van der Waals surface area contributed by atoms with E-state index in [2.05, 4.69) is 27.8 Å². The van der Waals surface area contributed by atoms with Crippen LogP contribution < -0.4 is 21.8 Å². The Morgan fingerprint density at radius 3 is 2.86 bits per heavy atom. The Bertz CT molecular complexity index is 743. The fourth-order valence-corrected chi connectivity index (χ4v) is 3.06. The Labute approximate surface area is 121 Å². The summed E-state index contributed by atoms with van der Waals surface area (Å²) in [5.74, 6) is 0. The van der Waals surface area contributed by atoms with E-state index in [1.165, 1.54) is 12.8 Å². The standard InChI is InChI=1S/C15H20N4O2/c1-9(8-10-4-3-7-16-10)17-12-6-2-5-11-13(12)15(21)19-18-14(11)20/h2,5-6,9-10,16-17H,3-4,7-8H2,1H3,(H,18,20)(H,19,21). The number of anilines is 1. The first kappa shape index (κ1) is 13.9. The van der Waals surface area contributed by atoms with E-state index in [9.17, 15) is 9.59 Å². The molecule has 0 spiro atoms. The van der Waals surface area contributed by atoms with Crippen LogP contribution in [-0.4, -0.2) is 28.8 Å². The zero-order valence-electron chi connectivity index (χ0n) is 12.0. The quantitative estimate of drug-likeness (QED) is 0.679. The SMILES string of the molecule is CC(CC1CCCN1)Nc1cccc2c(=O)[nH][nH]c(=O)c12. The van der Waals surface area contributed by atoms with Gasteiger partial charge in [0.2, 0.25) is 0 Å². The fourth-order valence-electron chi connectivity index (χ4n) is 3.06. The van der Waals surface area contributed by atoms with E-state index in [1.54, 1.807) is 12.1 Å². The second kappa shape index (κ2) is 5.73. The molecule has 1 aliphatic rings. The van der Waals surface area contributed by atoms with Crippen molar-refractivity contribution in [1.29, 1.82) is 0 Å². The Kier molecular flexibility index (Phi) is 3.79. The van der Waals surface area contributed by atoms with Gasteiger partial charge in [-0.25, -0.2) is 0 Å². The molecule has 6 nitrogen and oxygen atoms in total. The zero-order valence-corrected chi connectivity index (χ0v) is 12.0. The summed E-state index contributed by atoms with van der Waals surface area (Å²) in [4.78, 5) is 23.8. The minimum absolute atomic E-state index is 0.227. The van der Waals surface area contributed by atoms with Gasteiger partial charge >= 0.3 is 0 Å². The molecule has 6 heteroatoms. The van der Waals surface area contributed by atoms with Crippen LogP contribution in [0.5, 0.6) is 0 Å². The highest BCUT2D eigenvalue weighted by Gasteiger charge is 2.18. The van der Waals surface area contributed by atoms with Gasteiger partial charge in [0.25, 0.3) is 11.1 Å². The Morgan fingerprint density at radius 1 is 1.29 bits per heavy atom. The number of fused-ring (bicyclic) bond motifs is 1. The molecular weight excluding hydrogens is 268 g/mol. The van der Waals surface area contributed by atoms with Gasteiger partial charge in [0.05, 0.1) is 10.8 Å². The van der Waals surface area contributed by atoms with Crippen molar-refractivity contribution in [1.82, 2.24) is 15.5 Å². The zero-order chi connectivity index (χ0) is 14.8. The molecular formula is C15H20N4O2. The predicted molar refractivity (Wildman–Crippen MR) is 83.9 cm³/mol. The lowest BCUT2D eigenvalue weighted by Crippen LogP contribution is -2.29. The molecule has 0 amide bonds. The van der Waals surface area contributed by atoms with Crippen LogP contribution in [0.2, 0.25) is 0 Å². The lowest BCUT2D eigenvalue weighted by Gasteiger charge is -2.20. The maximum atomic E-state index is 12.0. The topological polar surface area (TPSA) is 89.8 Å². The molecule has 1 saturated heterocycles. The maximum Gasteiger partial charge on any atom is 0.272 e. The number of hydrogen-bond acceptors (Lipinski definition) is 4. The van der Waals surface area contributed by atoms with Crippen LogP contribution in [0.25, 0.3) is 10.8 Å². The molecule has 1 aromatic heterocycles. The summed E-state index contributed by atoms with van der Waals surface area (Å²) in [6.07, 6.45) is 3.42. The second-order valence-electron chi connectivity index (χ2n) is 5.71. The van der Waals surface area contributed by atoms with Gasteiger partial charge in [0.15, 0.2) is 0 Å². The Hall–Kier alpha value is -2.08. The number of nitrogens with one attached hydrogen (secondary N) is 4. The third kappa shape index (κ3) is 2.85. The van der Waals surface area contributed by atoms with E-state index in [4.69, 9.17) is 0 Å². The molecule has 21 heavy (non-hydrogen) atoms. The van der Waals surface area contributed by atoms with Crippen molar-refractivity contribution in [3.63, 3.8) is 0 Å². The van der Waals surface area contributed by atoms with Crippen molar-refractivity contribution in [2.75, 3.05) is 11.9 Å². The molecule has 1 aromatic carbocycles. The van der Waals surface area contributed by atoms with Crippen molar-refractivity contribution in [2.24, 2.45) is 0 Å². The molecule has 0 radical (unpaired) electrons. The summed E-state index contributed by atoms with van der Waals surface area (Å²) in [5, 5.41) is 12.4. The molecule has 1 aliphatic heterocycles. The minimum atomic E-state index is -0.279. The molecule has 0 bridgehead atoms. The predicted octanol–water partition coefficient (Wildman–Crippen LogP) is 1.16. The average Bonchev–Trinajstić information content (AvgIpc) is 2.96. The maximum absolute atomic E-state index is 12.0. The van der Waals surface area contributed by atoms with Crippen molar-refractivity contribution in [2.45, 2.75) is 38.3 Å². The third-order valence-electron chi connectivity index (χ3n) is 4.03. The van der Waals surface area contributed by atoms with Crippen molar-refractivity contribution < 1.29 is 0 Å². The van der Waals surface area contributed by atoms with Gasteiger partial charge in [-0.3, -0.25) is 19.8 Å². The van der Waals surface area contributed by atoms with Crippen molar-refractivity contribution in [3.05, 3.63) is 38.9 Å². The molecule has 4 N–H and O–H groups in total. The van der Waals surface area contributed by atoms with Crippen LogP contribution in [0.3, 0.4) is 0 Å². The molecule has 2 unspecified atom stereocenters. The molecule has 1 fully saturated rings. The number of H-pyrrole nitrogens is 2. The first-order valence-corrected chi connectivity index (χ1v) is 7.39. The summed E-state index contributed by atoms with van der Waals surface area (Å²) < 4.78 is 0. The van der Waals surface area contributed by atoms with Gasteiger partial charge in [-0.05, 0) is 44.9 Å². The summed E-state index contributed by atoms with van der Waals surface area (Å²) in [6.45, 7) is 3.18. The second-order valence-corrected chi connectivity index (χ2v) is 5.71. The molecule has 0 aliphatic carbocycles. The van der Waals surface area contributed by atoms with E-state index in [0.717, 1.165) is 13.0 Å². The van der Waals surface area contributed by atoms with Gasteiger partial charge in [0.1, 0.15) is 0 Å². The summed E-state index contributed by atoms with van der Waals surface area (Å²) in [7, 11) is 0. The number of rotatable bonds is 4. The first-order chi connectivity index (χ1) is 10.1. The lowest BCUT2D eigenvalue weighted by molar-refractivity contribution is 0.523. The number of aromatic amines is 2.